The van der Waals surface area contributed by atoms with Gasteiger partial charge in [-0.2, -0.15) is 0 Å². The van der Waals surface area contributed by atoms with E-state index >= 15 is 0 Å². The minimum Gasteiger partial charge on any atom is -0.354 e. The van der Waals surface area contributed by atoms with Gasteiger partial charge in [-0.05, 0) is 6.42 Å². The predicted octanol–water partition coefficient (Wildman–Crippen LogP) is -1.38. The van der Waals surface area contributed by atoms with Gasteiger partial charge in [0.25, 0.3) is 0 Å². The lowest BCUT2D eigenvalue weighted by atomic mass is 10.3. The average Bonchev–Trinajstić information content (AvgIpc) is 2.18. The molecule has 1 saturated heterocycles. The fourth-order valence-electron chi connectivity index (χ4n) is 0.835. The van der Waals surface area contributed by atoms with Crippen LogP contribution in [-0.4, -0.2) is 24.9 Å². The fraction of sp³-hybridized carbons (Fsp3) is 0.600. The van der Waals surface area contributed by atoms with E-state index in [0.29, 0.717) is 19.4 Å². The van der Waals surface area contributed by atoms with Crippen molar-refractivity contribution in [2.24, 2.45) is 0 Å². The molecular weight excluding hydrogens is 120 g/mol. The highest BCUT2D eigenvalue weighted by Crippen LogP contribution is 1.96. The first-order valence-electron chi connectivity index (χ1n) is 2.82. The molecule has 1 fully saturated rings. The molecular formula is C5H8N2O2. The number of carbonyl (C=O) groups excluding carboxylic acids is 2. The lowest BCUT2D eigenvalue weighted by molar-refractivity contribution is -0.123. The molecule has 1 aliphatic heterocycles. The first kappa shape index (κ1) is 6.07. The van der Waals surface area contributed by atoms with Gasteiger partial charge in [-0.3, -0.25) is 9.59 Å². The SMILES string of the molecule is O=CN[C@@H]1CCNC1=O. The highest BCUT2D eigenvalue weighted by Gasteiger charge is 2.22. The highest BCUT2D eigenvalue weighted by molar-refractivity contribution is 5.85. The maximum absolute atomic E-state index is 10.6. The third-order valence-electron chi connectivity index (χ3n) is 1.32. The van der Waals surface area contributed by atoms with Crippen LogP contribution >= 0.6 is 0 Å². The highest BCUT2D eigenvalue weighted by atomic mass is 16.2. The van der Waals surface area contributed by atoms with Crippen molar-refractivity contribution in [2.45, 2.75) is 12.5 Å². The van der Waals surface area contributed by atoms with Crippen molar-refractivity contribution in [2.75, 3.05) is 6.54 Å². The molecule has 4 heteroatoms. The van der Waals surface area contributed by atoms with E-state index in [1.54, 1.807) is 0 Å². The van der Waals surface area contributed by atoms with Gasteiger partial charge < -0.3 is 10.6 Å². The Labute approximate surface area is 52.6 Å². The van der Waals surface area contributed by atoms with Crippen molar-refractivity contribution >= 4 is 12.3 Å². The van der Waals surface area contributed by atoms with Gasteiger partial charge in [-0.25, -0.2) is 0 Å². The molecule has 9 heavy (non-hydrogen) atoms. The van der Waals surface area contributed by atoms with Gasteiger partial charge >= 0.3 is 0 Å². The third-order valence-corrected chi connectivity index (χ3v) is 1.32. The summed E-state index contributed by atoms with van der Waals surface area (Å²) in [6.07, 6.45) is 1.26. The number of nitrogens with one attached hydrogen (secondary N) is 2. The molecule has 0 radical (unpaired) electrons. The van der Waals surface area contributed by atoms with E-state index in [9.17, 15) is 9.59 Å². The molecule has 1 atom stereocenters. The lowest BCUT2D eigenvalue weighted by Crippen LogP contribution is -2.35. The summed E-state index contributed by atoms with van der Waals surface area (Å²) in [4.78, 5) is 20.4. The third kappa shape index (κ3) is 1.19. The van der Waals surface area contributed by atoms with Gasteiger partial charge in [0.1, 0.15) is 6.04 Å². The summed E-state index contributed by atoms with van der Waals surface area (Å²) in [6, 6.07) is -0.289. The standard InChI is InChI=1S/C5H8N2O2/c8-3-7-4-1-2-6-5(4)9/h3-4H,1-2H2,(H,6,9)(H,7,8)/t4-/m1/s1. The Hall–Kier alpha value is -1.06. The molecule has 2 amide bonds. The molecule has 0 aromatic carbocycles. The monoisotopic (exact) mass is 128 g/mol. The number of hydrogen-bond acceptors (Lipinski definition) is 2. The molecule has 50 valence electrons. The Bertz CT molecular complexity index is 135. The van der Waals surface area contributed by atoms with Crippen LogP contribution in [0.4, 0.5) is 0 Å². The van der Waals surface area contributed by atoms with Crippen LogP contribution < -0.4 is 10.6 Å². The molecule has 0 bridgehead atoms. The Balaban J connectivity index is 2.39. The van der Waals surface area contributed by atoms with Crippen LogP contribution in [0.3, 0.4) is 0 Å². The minimum absolute atomic E-state index is 0.0814. The van der Waals surface area contributed by atoms with Crippen molar-refractivity contribution in [1.29, 1.82) is 0 Å². The molecule has 0 spiro atoms. The Morgan fingerprint density at radius 1 is 1.78 bits per heavy atom. The van der Waals surface area contributed by atoms with Gasteiger partial charge in [0.2, 0.25) is 12.3 Å². The number of amides is 2. The van der Waals surface area contributed by atoms with Crippen LogP contribution in [0, 0.1) is 0 Å². The van der Waals surface area contributed by atoms with E-state index < -0.39 is 0 Å². The van der Waals surface area contributed by atoms with Crippen LogP contribution in [0.5, 0.6) is 0 Å². The van der Waals surface area contributed by atoms with Gasteiger partial charge in [-0.15, -0.1) is 0 Å². The van der Waals surface area contributed by atoms with E-state index in [1.165, 1.54) is 0 Å². The molecule has 0 aromatic rings. The summed E-state index contributed by atoms with van der Waals surface area (Å²) in [5.41, 5.74) is 0. The Morgan fingerprint density at radius 3 is 3.00 bits per heavy atom. The Kier molecular flexibility index (Phi) is 1.67. The molecule has 4 nitrogen and oxygen atoms in total. The normalized spacial score (nSPS) is 25.3. The topological polar surface area (TPSA) is 58.2 Å². The number of rotatable bonds is 2. The van der Waals surface area contributed by atoms with Crippen molar-refractivity contribution in [1.82, 2.24) is 10.6 Å². The van der Waals surface area contributed by atoms with Crippen molar-refractivity contribution < 1.29 is 9.59 Å². The molecule has 1 rings (SSSR count). The smallest absolute Gasteiger partial charge is 0.242 e. The zero-order chi connectivity index (χ0) is 6.69. The van der Waals surface area contributed by atoms with Gasteiger partial charge in [-0.1, -0.05) is 0 Å². The molecule has 1 aliphatic rings. The largest absolute Gasteiger partial charge is 0.354 e. The zero-order valence-electron chi connectivity index (χ0n) is 4.89. The maximum atomic E-state index is 10.6. The van der Waals surface area contributed by atoms with Crippen molar-refractivity contribution in [3.63, 3.8) is 0 Å². The van der Waals surface area contributed by atoms with Crippen molar-refractivity contribution in [3.05, 3.63) is 0 Å². The van der Waals surface area contributed by atoms with Crippen LogP contribution in [-0.2, 0) is 9.59 Å². The Morgan fingerprint density at radius 2 is 2.56 bits per heavy atom. The zero-order valence-corrected chi connectivity index (χ0v) is 4.89. The van der Waals surface area contributed by atoms with E-state index in [-0.39, 0.29) is 11.9 Å². The second-order valence-corrected chi connectivity index (χ2v) is 1.92. The maximum Gasteiger partial charge on any atom is 0.242 e. The summed E-state index contributed by atoms with van der Waals surface area (Å²) in [6.45, 7) is 0.671. The van der Waals surface area contributed by atoms with Gasteiger partial charge in [0.15, 0.2) is 0 Å². The molecule has 0 saturated carbocycles. The number of hydrogen-bond donors (Lipinski definition) is 2. The second-order valence-electron chi connectivity index (χ2n) is 1.92. The van der Waals surface area contributed by atoms with E-state index in [2.05, 4.69) is 10.6 Å². The first-order valence-corrected chi connectivity index (χ1v) is 2.82. The van der Waals surface area contributed by atoms with E-state index in [1.807, 2.05) is 0 Å². The molecule has 1 heterocycles. The molecule has 0 unspecified atom stereocenters. The summed E-state index contributed by atoms with van der Waals surface area (Å²) >= 11 is 0. The summed E-state index contributed by atoms with van der Waals surface area (Å²) in [7, 11) is 0. The van der Waals surface area contributed by atoms with Gasteiger partial charge in [0, 0.05) is 6.54 Å². The second kappa shape index (κ2) is 2.48. The molecule has 2 N–H and O–H groups in total. The van der Waals surface area contributed by atoms with Crippen LogP contribution in [0.25, 0.3) is 0 Å². The van der Waals surface area contributed by atoms with Crippen LogP contribution in [0.15, 0.2) is 0 Å². The van der Waals surface area contributed by atoms with Gasteiger partial charge in [0.05, 0.1) is 0 Å². The summed E-state index contributed by atoms with van der Waals surface area (Å²) < 4.78 is 0. The molecule has 0 aliphatic carbocycles. The summed E-state index contributed by atoms with van der Waals surface area (Å²) in [5, 5.41) is 5.00. The number of carbonyl (C=O) groups is 2. The average molecular weight is 128 g/mol. The fourth-order valence-corrected chi connectivity index (χ4v) is 0.835. The predicted molar refractivity (Wildman–Crippen MR) is 30.6 cm³/mol. The lowest BCUT2D eigenvalue weighted by Gasteiger charge is -2.01. The van der Waals surface area contributed by atoms with Crippen LogP contribution in [0.2, 0.25) is 0 Å². The van der Waals surface area contributed by atoms with Crippen molar-refractivity contribution in [3.8, 4) is 0 Å². The minimum atomic E-state index is -0.289. The quantitative estimate of drug-likeness (QED) is 0.450. The summed E-state index contributed by atoms with van der Waals surface area (Å²) in [5.74, 6) is -0.0814. The first-order chi connectivity index (χ1) is 4.34. The van der Waals surface area contributed by atoms with E-state index in [4.69, 9.17) is 0 Å². The van der Waals surface area contributed by atoms with Crippen LogP contribution in [0.1, 0.15) is 6.42 Å². The van der Waals surface area contributed by atoms with E-state index in [0.717, 1.165) is 0 Å². The molecule has 0 aromatic heterocycles.